The van der Waals surface area contributed by atoms with E-state index in [1.807, 2.05) is 31.2 Å². The Hall–Kier alpha value is -2.57. The highest BCUT2D eigenvalue weighted by Gasteiger charge is 2.23. The predicted molar refractivity (Wildman–Crippen MR) is 76.4 cm³/mol. The van der Waals surface area contributed by atoms with Crippen molar-refractivity contribution in [2.24, 2.45) is 5.73 Å². The number of nitrogens with zero attached hydrogens (tertiary/aromatic N) is 1. The maximum absolute atomic E-state index is 12.0. The summed E-state index contributed by atoms with van der Waals surface area (Å²) in [5.41, 5.74) is 6.95. The van der Waals surface area contributed by atoms with Crippen LogP contribution in [0.5, 0.6) is 0 Å². The standard InChI is InChI=1S/C14H19N3O4/c1-9-5-3-4-6-10(9)8-17(2)14(21)16-11(13(19)20)7-12(15)18/h3-6,11H,7-8H2,1-2H3,(H2,15,18)(H,16,21)(H,19,20). The van der Waals surface area contributed by atoms with Crippen LogP contribution in [0.15, 0.2) is 24.3 Å². The van der Waals surface area contributed by atoms with Gasteiger partial charge in [0.15, 0.2) is 0 Å². The molecule has 0 aromatic heterocycles. The maximum Gasteiger partial charge on any atom is 0.326 e. The first-order chi connectivity index (χ1) is 9.81. The second-order valence-electron chi connectivity index (χ2n) is 4.79. The smallest absolute Gasteiger partial charge is 0.326 e. The third kappa shape index (κ3) is 5.13. The first-order valence-electron chi connectivity index (χ1n) is 6.38. The quantitative estimate of drug-likeness (QED) is 0.707. The molecule has 21 heavy (non-hydrogen) atoms. The molecule has 0 heterocycles. The van der Waals surface area contributed by atoms with Gasteiger partial charge in [-0.25, -0.2) is 9.59 Å². The number of aryl methyl sites for hydroxylation is 1. The zero-order valence-electron chi connectivity index (χ0n) is 12.0. The van der Waals surface area contributed by atoms with Crippen molar-refractivity contribution < 1.29 is 19.5 Å². The van der Waals surface area contributed by atoms with E-state index in [4.69, 9.17) is 10.8 Å². The molecule has 0 aliphatic heterocycles. The van der Waals surface area contributed by atoms with Crippen LogP contribution >= 0.6 is 0 Å². The molecule has 7 heteroatoms. The highest BCUT2D eigenvalue weighted by atomic mass is 16.4. The fourth-order valence-corrected chi connectivity index (χ4v) is 1.78. The Kier molecular flexibility index (Phi) is 5.71. The number of hydrogen-bond acceptors (Lipinski definition) is 3. The fraction of sp³-hybridized carbons (Fsp3) is 0.357. The van der Waals surface area contributed by atoms with E-state index in [1.54, 1.807) is 7.05 Å². The van der Waals surface area contributed by atoms with Gasteiger partial charge in [0.25, 0.3) is 0 Å². The van der Waals surface area contributed by atoms with Gasteiger partial charge in [-0.05, 0) is 18.1 Å². The van der Waals surface area contributed by atoms with Crippen LogP contribution < -0.4 is 11.1 Å². The molecule has 0 radical (unpaired) electrons. The van der Waals surface area contributed by atoms with Gasteiger partial charge in [-0.2, -0.15) is 0 Å². The van der Waals surface area contributed by atoms with Crippen molar-refractivity contribution in [2.75, 3.05) is 7.05 Å². The number of carbonyl (C=O) groups is 3. The van der Waals surface area contributed by atoms with E-state index in [0.29, 0.717) is 6.54 Å². The number of hydrogen-bond donors (Lipinski definition) is 3. The molecule has 0 aliphatic carbocycles. The Morgan fingerprint density at radius 1 is 1.33 bits per heavy atom. The summed E-state index contributed by atoms with van der Waals surface area (Å²) in [4.78, 5) is 35.1. The summed E-state index contributed by atoms with van der Waals surface area (Å²) < 4.78 is 0. The summed E-state index contributed by atoms with van der Waals surface area (Å²) in [6.07, 6.45) is -0.445. The highest BCUT2D eigenvalue weighted by Crippen LogP contribution is 2.09. The predicted octanol–water partition coefficient (Wildman–Crippen LogP) is 0.465. The van der Waals surface area contributed by atoms with Crippen LogP contribution in [0.2, 0.25) is 0 Å². The molecule has 0 saturated carbocycles. The lowest BCUT2D eigenvalue weighted by molar-refractivity contribution is -0.140. The van der Waals surface area contributed by atoms with Gasteiger partial charge in [0.05, 0.1) is 6.42 Å². The van der Waals surface area contributed by atoms with Gasteiger partial charge in [-0.15, -0.1) is 0 Å². The molecule has 1 rings (SSSR count). The van der Waals surface area contributed by atoms with Crippen LogP contribution in [0.25, 0.3) is 0 Å². The zero-order valence-corrected chi connectivity index (χ0v) is 12.0. The van der Waals surface area contributed by atoms with E-state index >= 15 is 0 Å². The molecule has 7 nitrogen and oxygen atoms in total. The number of amides is 3. The molecule has 1 aromatic rings. The molecule has 4 N–H and O–H groups in total. The average Bonchev–Trinajstić information content (AvgIpc) is 2.39. The summed E-state index contributed by atoms with van der Waals surface area (Å²) in [5, 5.41) is 11.2. The van der Waals surface area contributed by atoms with Crippen molar-refractivity contribution in [2.45, 2.75) is 25.9 Å². The van der Waals surface area contributed by atoms with Gasteiger partial charge in [0.2, 0.25) is 5.91 Å². The van der Waals surface area contributed by atoms with Gasteiger partial charge >= 0.3 is 12.0 Å². The summed E-state index contributed by atoms with van der Waals surface area (Å²) in [7, 11) is 1.55. The lowest BCUT2D eigenvalue weighted by Gasteiger charge is -2.21. The molecule has 1 unspecified atom stereocenters. The summed E-state index contributed by atoms with van der Waals surface area (Å²) in [5.74, 6) is -2.09. The molecule has 0 aliphatic rings. The molecule has 0 spiro atoms. The Labute approximate surface area is 122 Å². The van der Waals surface area contributed by atoms with Gasteiger partial charge in [0, 0.05) is 13.6 Å². The van der Waals surface area contributed by atoms with Crippen LogP contribution in [0.3, 0.4) is 0 Å². The van der Waals surface area contributed by atoms with Crippen LogP contribution in [-0.2, 0) is 16.1 Å². The van der Waals surface area contributed by atoms with Crippen molar-refractivity contribution in [3.8, 4) is 0 Å². The van der Waals surface area contributed by atoms with Crippen molar-refractivity contribution >= 4 is 17.9 Å². The molecule has 0 bridgehead atoms. The maximum atomic E-state index is 12.0. The number of carboxylic acid groups (broad SMARTS) is 1. The average molecular weight is 293 g/mol. The largest absolute Gasteiger partial charge is 0.480 e. The third-order valence-electron chi connectivity index (χ3n) is 3.02. The van der Waals surface area contributed by atoms with Gasteiger partial charge < -0.3 is 21.1 Å². The minimum atomic E-state index is -1.32. The monoisotopic (exact) mass is 293 g/mol. The molecule has 114 valence electrons. The lowest BCUT2D eigenvalue weighted by Crippen LogP contribution is -2.48. The van der Waals surface area contributed by atoms with Crippen LogP contribution in [0, 0.1) is 6.92 Å². The number of aliphatic carboxylic acids is 1. The van der Waals surface area contributed by atoms with Crippen LogP contribution in [0.4, 0.5) is 4.79 Å². The number of primary amides is 1. The van der Waals surface area contributed by atoms with Crippen molar-refractivity contribution in [1.29, 1.82) is 0 Å². The topological polar surface area (TPSA) is 113 Å². The Balaban J connectivity index is 2.67. The highest BCUT2D eigenvalue weighted by molar-refractivity contribution is 5.87. The Bertz CT molecular complexity index is 545. The lowest BCUT2D eigenvalue weighted by atomic mass is 10.1. The van der Waals surface area contributed by atoms with Gasteiger partial charge in [0.1, 0.15) is 6.04 Å². The summed E-state index contributed by atoms with van der Waals surface area (Å²) >= 11 is 0. The van der Waals surface area contributed by atoms with Gasteiger partial charge in [-0.1, -0.05) is 24.3 Å². The second kappa shape index (κ2) is 7.28. The number of carbonyl (C=O) groups excluding carboxylic acids is 2. The van der Waals surface area contributed by atoms with Crippen molar-refractivity contribution in [3.05, 3.63) is 35.4 Å². The minimum Gasteiger partial charge on any atom is -0.480 e. The number of carboxylic acids is 1. The third-order valence-corrected chi connectivity index (χ3v) is 3.02. The first-order valence-corrected chi connectivity index (χ1v) is 6.38. The van der Waals surface area contributed by atoms with Crippen molar-refractivity contribution in [3.63, 3.8) is 0 Å². The molecule has 0 fully saturated rings. The molecule has 3 amide bonds. The minimum absolute atomic E-state index is 0.335. The van der Waals surface area contributed by atoms with Crippen LogP contribution in [-0.4, -0.2) is 41.0 Å². The number of nitrogens with one attached hydrogen (secondary N) is 1. The van der Waals surface area contributed by atoms with Crippen LogP contribution in [0.1, 0.15) is 17.5 Å². The molecule has 1 aromatic carbocycles. The van der Waals surface area contributed by atoms with E-state index in [2.05, 4.69) is 5.32 Å². The Morgan fingerprint density at radius 2 is 1.95 bits per heavy atom. The number of benzene rings is 1. The molecule has 0 saturated heterocycles. The van der Waals surface area contributed by atoms with Gasteiger partial charge in [-0.3, -0.25) is 4.79 Å². The molecular weight excluding hydrogens is 274 g/mol. The normalized spacial score (nSPS) is 11.5. The van der Waals surface area contributed by atoms with E-state index in [0.717, 1.165) is 11.1 Å². The Morgan fingerprint density at radius 3 is 2.48 bits per heavy atom. The molecule has 1 atom stereocenters. The zero-order chi connectivity index (χ0) is 16.0. The van der Waals surface area contributed by atoms with Crippen molar-refractivity contribution in [1.82, 2.24) is 10.2 Å². The fourth-order valence-electron chi connectivity index (χ4n) is 1.78. The van der Waals surface area contributed by atoms with E-state index in [1.165, 1.54) is 4.90 Å². The van der Waals surface area contributed by atoms with E-state index < -0.39 is 30.4 Å². The number of rotatable bonds is 6. The van der Waals surface area contributed by atoms with E-state index in [9.17, 15) is 14.4 Å². The number of nitrogens with two attached hydrogens (primary N) is 1. The summed E-state index contributed by atoms with van der Waals surface area (Å²) in [6.45, 7) is 2.26. The first kappa shape index (κ1) is 16.5. The second-order valence-corrected chi connectivity index (χ2v) is 4.79. The number of urea groups is 1. The van der Waals surface area contributed by atoms with E-state index in [-0.39, 0.29) is 0 Å². The SMILES string of the molecule is Cc1ccccc1CN(C)C(=O)NC(CC(N)=O)C(=O)O. The summed E-state index contributed by atoms with van der Waals surface area (Å²) in [6, 6.07) is 5.67. The molecular formula is C14H19N3O4.